The molecule has 1 aromatic carbocycles. The molecule has 1 amide bonds. The Morgan fingerprint density at radius 3 is 2.61 bits per heavy atom. The number of carbonyl (C=O) groups excluding carboxylic acids is 1. The van der Waals surface area contributed by atoms with Crippen LogP contribution in [0, 0.1) is 6.92 Å². The zero-order chi connectivity index (χ0) is 15.8. The Morgan fingerprint density at radius 2 is 1.91 bits per heavy atom. The van der Waals surface area contributed by atoms with Crippen LogP contribution in [0.25, 0.3) is 22.2 Å². The van der Waals surface area contributed by atoms with Crippen molar-refractivity contribution in [3.63, 3.8) is 0 Å². The van der Waals surface area contributed by atoms with Gasteiger partial charge in [-0.2, -0.15) is 0 Å². The first-order chi connectivity index (χ1) is 11.2. The molecule has 0 saturated carbocycles. The number of nitrogens with zero attached hydrogens (tertiary/aromatic N) is 3. The summed E-state index contributed by atoms with van der Waals surface area (Å²) in [7, 11) is 0. The fraction of sp³-hybridized carbons (Fsp3) is 0.263. The van der Waals surface area contributed by atoms with Crippen molar-refractivity contribution in [2.75, 3.05) is 13.1 Å². The van der Waals surface area contributed by atoms with Gasteiger partial charge in [0.25, 0.3) is 0 Å². The molecule has 0 spiro atoms. The van der Waals surface area contributed by atoms with Crippen LogP contribution in [-0.4, -0.2) is 33.4 Å². The number of aryl methyl sites for hydroxylation is 1. The van der Waals surface area contributed by atoms with E-state index < -0.39 is 0 Å². The molecule has 4 heteroatoms. The van der Waals surface area contributed by atoms with Crippen molar-refractivity contribution in [2.45, 2.75) is 19.9 Å². The van der Waals surface area contributed by atoms with Gasteiger partial charge in [-0.15, -0.1) is 0 Å². The van der Waals surface area contributed by atoms with Crippen molar-refractivity contribution < 1.29 is 4.79 Å². The van der Waals surface area contributed by atoms with Crippen LogP contribution < -0.4 is 0 Å². The third-order valence-electron chi connectivity index (χ3n) is 4.52. The Balaban J connectivity index is 1.68. The summed E-state index contributed by atoms with van der Waals surface area (Å²) in [6.07, 6.45) is 4.97. The van der Waals surface area contributed by atoms with Gasteiger partial charge in [0, 0.05) is 31.0 Å². The molecule has 0 aliphatic carbocycles. The van der Waals surface area contributed by atoms with E-state index in [1.54, 1.807) is 0 Å². The molecule has 116 valence electrons. The summed E-state index contributed by atoms with van der Waals surface area (Å²) < 4.78 is 2.00. The maximum absolute atomic E-state index is 12.2. The highest BCUT2D eigenvalue weighted by Crippen LogP contribution is 2.24. The van der Waals surface area contributed by atoms with Crippen LogP contribution in [0.5, 0.6) is 0 Å². The predicted molar refractivity (Wildman–Crippen MR) is 91.1 cm³/mol. The van der Waals surface area contributed by atoms with Gasteiger partial charge < -0.3 is 9.47 Å². The van der Waals surface area contributed by atoms with Crippen LogP contribution in [-0.2, 0) is 11.3 Å². The normalized spacial score (nSPS) is 14.0. The number of pyridine rings is 1. The van der Waals surface area contributed by atoms with Crippen molar-refractivity contribution in [2.24, 2.45) is 0 Å². The molecule has 1 aliphatic heterocycles. The monoisotopic (exact) mass is 305 g/mol. The van der Waals surface area contributed by atoms with Crippen LogP contribution in [0.3, 0.4) is 0 Å². The fourth-order valence-corrected chi connectivity index (χ4v) is 2.92. The molecular weight excluding hydrogens is 286 g/mol. The number of aromatic nitrogens is 2. The number of benzene rings is 1. The molecule has 23 heavy (non-hydrogen) atoms. The second-order valence-corrected chi connectivity index (χ2v) is 6.17. The first kappa shape index (κ1) is 14.0. The molecule has 0 bridgehead atoms. The second kappa shape index (κ2) is 5.54. The van der Waals surface area contributed by atoms with Crippen LogP contribution in [0.2, 0.25) is 0 Å². The molecule has 3 aromatic rings. The number of amides is 1. The number of hydrogen-bond donors (Lipinski definition) is 0. The van der Waals surface area contributed by atoms with E-state index in [2.05, 4.69) is 42.2 Å². The maximum atomic E-state index is 12.2. The average Bonchev–Trinajstić information content (AvgIpc) is 2.88. The smallest absolute Gasteiger partial charge is 0.242 e. The number of hydrogen-bond acceptors (Lipinski definition) is 2. The van der Waals surface area contributed by atoms with Gasteiger partial charge in [-0.1, -0.05) is 29.8 Å². The molecule has 1 aliphatic rings. The first-order valence-corrected chi connectivity index (χ1v) is 8.00. The van der Waals surface area contributed by atoms with Crippen LogP contribution in [0.4, 0.5) is 0 Å². The van der Waals surface area contributed by atoms with Gasteiger partial charge in [0.1, 0.15) is 6.54 Å². The van der Waals surface area contributed by atoms with Gasteiger partial charge in [-0.3, -0.25) is 9.78 Å². The molecule has 4 rings (SSSR count). The first-order valence-electron chi connectivity index (χ1n) is 8.00. The molecule has 0 radical (unpaired) electrons. The van der Waals surface area contributed by atoms with Crippen molar-refractivity contribution in [1.82, 2.24) is 14.5 Å². The second-order valence-electron chi connectivity index (χ2n) is 6.17. The minimum Gasteiger partial charge on any atom is -0.341 e. The lowest BCUT2D eigenvalue weighted by Crippen LogP contribution is -2.43. The Kier molecular flexibility index (Phi) is 3.37. The van der Waals surface area contributed by atoms with Gasteiger partial charge >= 0.3 is 0 Å². The highest BCUT2D eigenvalue weighted by Gasteiger charge is 2.20. The maximum Gasteiger partial charge on any atom is 0.242 e. The van der Waals surface area contributed by atoms with Crippen LogP contribution in [0.1, 0.15) is 12.0 Å². The summed E-state index contributed by atoms with van der Waals surface area (Å²) in [6.45, 7) is 4.26. The summed E-state index contributed by atoms with van der Waals surface area (Å²) in [4.78, 5) is 18.7. The van der Waals surface area contributed by atoms with Crippen molar-refractivity contribution in [1.29, 1.82) is 0 Å². The van der Waals surface area contributed by atoms with Gasteiger partial charge in [0.2, 0.25) is 5.91 Å². The minimum absolute atomic E-state index is 0.189. The molecule has 3 heterocycles. The summed E-state index contributed by atoms with van der Waals surface area (Å²) in [5.41, 5.74) is 5.40. The molecule has 0 N–H and O–H groups in total. The van der Waals surface area contributed by atoms with E-state index >= 15 is 0 Å². The molecule has 1 fully saturated rings. The van der Waals surface area contributed by atoms with Gasteiger partial charge in [-0.05, 0) is 31.0 Å². The van der Waals surface area contributed by atoms with E-state index in [0.717, 1.165) is 41.7 Å². The molecule has 0 atom stereocenters. The van der Waals surface area contributed by atoms with Crippen molar-refractivity contribution in [3.05, 3.63) is 54.4 Å². The van der Waals surface area contributed by atoms with E-state index in [-0.39, 0.29) is 5.91 Å². The van der Waals surface area contributed by atoms with E-state index in [1.807, 2.05) is 27.9 Å². The van der Waals surface area contributed by atoms with Gasteiger partial charge in [0.05, 0.1) is 11.0 Å². The van der Waals surface area contributed by atoms with E-state index in [4.69, 9.17) is 0 Å². The van der Waals surface area contributed by atoms with E-state index in [0.29, 0.717) is 6.54 Å². The predicted octanol–water partition coefficient (Wildman–Crippen LogP) is 3.24. The summed E-state index contributed by atoms with van der Waals surface area (Å²) in [6, 6.07) is 12.5. The highest BCUT2D eigenvalue weighted by molar-refractivity contribution is 5.84. The third-order valence-corrected chi connectivity index (χ3v) is 4.52. The minimum atomic E-state index is 0.189. The molecule has 0 unspecified atom stereocenters. The van der Waals surface area contributed by atoms with Crippen LogP contribution >= 0.6 is 0 Å². The topological polar surface area (TPSA) is 38.1 Å². The SMILES string of the molecule is Cc1ccc(-c2cnc3ccn(CC(=O)N4CCC4)c3c2)cc1. The standard InChI is InChI=1S/C19H19N3O/c1-14-3-5-15(6-4-14)16-11-18-17(20-12-16)7-10-22(18)13-19(23)21-8-2-9-21/h3-7,10-12H,2,8-9,13H2,1H3. The lowest BCUT2D eigenvalue weighted by molar-refractivity contribution is -0.135. The summed E-state index contributed by atoms with van der Waals surface area (Å²) in [5.74, 6) is 0.189. The molecule has 2 aromatic heterocycles. The Labute approximate surface area is 135 Å². The molecule has 4 nitrogen and oxygen atoms in total. The highest BCUT2D eigenvalue weighted by atomic mass is 16.2. The number of carbonyl (C=O) groups is 1. The lowest BCUT2D eigenvalue weighted by Gasteiger charge is -2.31. The largest absolute Gasteiger partial charge is 0.341 e. The summed E-state index contributed by atoms with van der Waals surface area (Å²) in [5, 5.41) is 0. The van der Waals surface area contributed by atoms with E-state index in [1.165, 1.54) is 5.56 Å². The molecule has 1 saturated heterocycles. The zero-order valence-corrected chi connectivity index (χ0v) is 13.2. The third kappa shape index (κ3) is 2.61. The zero-order valence-electron chi connectivity index (χ0n) is 13.2. The van der Waals surface area contributed by atoms with Gasteiger partial charge in [0.15, 0.2) is 0 Å². The fourth-order valence-electron chi connectivity index (χ4n) is 2.92. The quantitative estimate of drug-likeness (QED) is 0.745. The number of rotatable bonds is 3. The average molecular weight is 305 g/mol. The van der Waals surface area contributed by atoms with Crippen molar-refractivity contribution >= 4 is 16.9 Å². The Morgan fingerprint density at radius 1 is 1.13 bits per heavy atom. The number of fused-ring (bicyclic) bond motifs is 1. The van der Waals surface area contributed by atoms with Crippen LogP contribution in [0.15, 0.2) is 48.8 Å². The van der Waals surface area contributed by atoms with Gasteiger partial charge in [-0.25, -0.2) is 0 Å². The van der Waals surface area contributed by atoms with E-state index in [9.17, 15) is 4.79 Å². The number of likely N-dealkylation sites (tertiary alicyclic amines) is 1. The lowest BCUT2D eigenvalue weighted by atomic mass is 10.1. The Hall–Kier alpha value is -2.62. The molecular formula is C19H19N3O. The summed E-state index contributed by atoms with van der Waals surface area (Å²) >= 11 is 0. The van der Waals surface area contributed by atoms with Crippen molar-refractivity contribution in [3.8, 4) is 11.1 Å². The Bertz CT molecular complexity index is 860.